The van der Waals surface area contributed by atoms with E-state index in [0.29, 0.717) is 18.7 Å². The molecule has 0 radical (unpaired) electrons. The Labute approximate surface area is 170 Å². The molecule has 1 fully saturated rings. The van der Waals surface area contributed by atoms with E-state index in [2.05, 4.69) is 0 Å². The van der Waals surface area contributed by atoms with Gasteiger partial charge in [-0.25, -0.2) is 12.8 Å². The third-order valence-electron chi connectivity index (χ3n) is 4.95. The number of benzene rings is 2. The Bertz CT molecular complexity index is 904. The fourth-order valence-electron chi connectivity index (χ4n) is 3.46. The van der Waals surface area contributed by atoms with E-state index in [4.69, 9.17) is 9.47 Å². The van der Waals surface area contributed by atoms with Crippen LogP contribution in [0.3, 0.4) is 0 Å². The predicted octanol–water partition coefficient (Wildman–Crippen LogP) is 2.26. The number of methoxy groups -OCH3 is 1. The lowest BCUT2D eigenvalue weighted by Crippen LogP contribution is -2.42. The summed E-state index contributed by atoms with van der Waals surface area (Å²) < 4.78 is 47.7. The number of nitrogens with zero attached hydrogens (tertiary/aromatic N) is 1. The van der Waals surface area contributed by atoms with Crippen LogP contribution in [-0.4, -0.2) is 62.3 Å². The lowest BCUT2D eigenvalue weighted by atomic mass is 10.1. The van der Waals surface area contributed by atoms with Gasteiger partial charge in [-0.05, 0) is 48.4 Å². The maximum Gasteiger partial charge on any atom is 0.151 e. The van der Waals surface area contributed by atoms with Gasteiger partial charge in [0.2, 0.25) is 0 Å². The molecule has 0 saturated carbocycles. The fourth-order valence-corrected chi connectivity index (χ4v) is 5.22. The van der Waals surface area contributed by atoms with Gasteiger partial charge in [0.1, 0.15) is 30.0 Å². The standard InChI is InChI=1S/C21H26FNO5S/c1-27-21-4-2-3-16(11-21)12-23(18-9-10-29(25,26)15-18)13-19(24)14-28-20-7-5-17(22)6-8-20/h2-8,11,18-19,24H,9-10,12-15H2,1H3. The van der Waals surface area contributed by atoms with Gasteiger partial charge in [0, 0.05) is 19.1 Å². The highest BCUT2D eigenvalue weighted by atomic mass is 32.2. The minimum absolute atomic E-state index is 0.0275. The van der Waals surface area contributed by atoms with Crippen LogP contribution in [0, 0.1) is 5.82 Å². The molecule has 1 heterocycles. The first-order chi connectivity index (χ1) is 13.8. The van der Waals surface area contributed by atoms with Crippen LogP contribution in [-0.2, 0) is 16.4 Å². The lowest BCUT2D eigenvalue weighted by molar-refractivity contribution is 0.0524. The number of hydrogen-bond acceptors (Lipinski definition) is 6. The Morgan fingerprint density at radius 1 is 1.21 bits per heavy atom. The molecule has 6 nitrogen and oxygen atoms in total. The zero-order valence-electron chi connectivity index (χ0n) is 16.3. The third-order valence-corrected chi connectivity index (χ3v) is 6.70. The van der Waals surface area contributed by atoms with E-state index in [9.17, 15) is 17.9 Å². The molecule has 1 aliphatic rings. The Morgan fingerprint density at radius 2 is 1.97 bits per heavy atom. The molecule has 2 aromatic carbocycles. The van der Waals surface area contributed by atoms with E-state index >= 15 is 0 Å². The first-order valence-electron chi connectivity index (χ1n) is 9.48. The molecule has 8 heteroatoms. The molecular formula is C21H26FNO5S. The van der Waals surface area contributed by atoms with Crippen molar-refractivity contribution >= 4 is 9.84 Å². The molecular weight excluding hydrogens is 397 g/mol. The van der Waals surface area contributed by atoms with E-state index < -0.39 is 15.9 Å². The van der Waals surface area contributed by atoms with Crippen LogP contribution >= 0.6 is 0 Å². The minimum Gasteiger partial charge on any atom is -0.497 e. The average Bonchev–Trinajstić information content (AvgIpc) is 3.07. The van der Waals surface area contributed by atoms with Crippen molar-refractivity contribution in [3.05, 3.63) is 59.9 Å². The molecule has 29 heavy (non-hydrogen) atoms. The van der Waals surface area contributed by atoms with Gasteiger partial charge in [0.15, 0.2) is 9.84 Å². The second-order valence-electron chi connectivity index (χ2n) is 7.26. The van der Waals surface area contributed by atoms with Crippen LogP contribution in [0.25, 0.3) is 0 Å². The Morgan fingerprint density at radius 3 is 2.62 bits per heavy atom. The second kappa shape index (κ2) is 9.56. The van der Waals surface area contributed by atoms with Gasteiger partial charge in [-0.2, -0.15) is 0 Å². The highest BCUT2D eigenvalue weighted by molar-refractivity contribution is 7.91. The smallest absolute Gasteiger partial charge is 0.151 e. The van der Waals surface area contributed by atoms with Crippen molar-refractivity contribution in [3.63, 3.8) is 0 Å². The second-order valence-corrected chi connectivity index (χ2v) is 9.49. The van der Waals surface area contributed by atoms with Gasteiger partial charge in [0.05, 0.1) is 18.6 Å². The fraction of sp³-hybridized carbons (Fsp3) is 0.429. The van der Waals surface area contributed by atoms with E-state index in [0.717, 1.165) is 11.3 Å². The predicted molar refractivity (Wildman–Crippen MR) is 108 cm³/mol. The van der Waals surface area contributed by atoms with E-state index in [1.54, 1.807) is 7.11 Å². The highest BCUT2D eigenvalue weighted by Gasteiger charge is 2.33. The van der Waals surface area contributed by atoms with Gasteiger partial charge < -0.3 is 14.6 Å². The van der Waals surface area contributed by atoms with Gasteiger partial charge in [-0.1, -0.05) is 12.1 Å². The normalized spacial score (nSPS) is 19.2. The summed E-state index contributed by atoms with van der Waals surface area (Å²) in [6.45, 7) is 0.781. The summed E-state index contributed by atoms with van der Waals surface area (Å²) in [6, 6.07) is 13.0. The zero-order chi connectivity index (χ0) is 20.9. The first-order valence-corrected chi connectivity index (χ1v) is 11.3. The van der Waals surface area contributed by atoms with Crippen LogP contribution in [0.4, 0.5) is 4.39 Å². The Kier molecular flexibility index (Phi) is 7.10. The van der Waals surface area contributed by atoms with Crippen molar-refractivity contribution < 1.29 is 27.4 Å². The summed E-state index contributed by atoms with van der Waals surface area (Å²) in [7, 11) is -1.46. The molecule has 2 unspecified atom stereocenters. The molecule has 2 aromatic rings. The largest absolute Gasteiger partial charge is 0.497 e. The van der Waals surface area contributed by atoms with Crippen molar-refractivity contribution in [2.24, 2.45) is 0 Å². The molecule has 1 saturated heterocycles. The summed E-state index contributed by atoms with van der Waals surface area (Å²) in [5.41, 5.74) is 0.973. The van der Waals surface area contributed by atoms with Crippen LogP contribution in [0.15, 0.2) is 48.5 Å². The molecule has 2 atom stereocenters. The highest BCUT2D eigenvalue weighted by Crippen LogP contribution is 2.22. The van der Waals surface area contributed by atoms with E-state index in [1.807, 2.05) is 29.2 Å². The number of sulfone groups is 1. The number of hydrogen-bond donors (Lipinski definition) is 1. The van der Waals surface area contributed by atoms with Gasteiger partial charge in [-0.15, -0.1) is 0 Å². The minimum atomic E-state index is -3.06. The van der Waals surface area contributed by atoms with Crippen molar-refractivity contribution in [2.45, 2.75) is 25.1 Å². The number of halogens is 1. The van der Waals surface area contributed by atoms with Gasteiger partial charge >= 0.3 is 0 Å². The van der Waals surface area contributed by atoms with Crippen molar-refractivity contribution in [1.29, 1.82) is 0 Å². The molecule has 3 rings (SSSR count). The monoisotopic (exact) mass is 423 g/mol. The van der Waals surface area contributed by atoms with Crippen LogP contribution in [0.1, 0.15) is 12.0 Å². The summed E-state index contributed by atoms with van der Waals surface area (Å²) in [6.07, 6.45) is -0.286. The average molecular weight is 424 g/mol. The van der Waals surface area contributed by atoms with E-state index in [-0.39, 0.29) is 36.5 Å². The maximum atomic E-state index is 13.0. The maximum absolute atomic E-state index is 13.0. The third kappa shape index (κ3) is 6.42. The van der Waals surface area contributed by atoms with Gasteiger partial charge in [-0.3, -0.25) is 4.90 Å². The molecule has 0 aliphatic carbocycles. The van der Waals surface area contributed by atoms with Gasteiger partial charge in [0.25, 0.3) is 0 Å². The number of aliphatic hydroxyl groups is 1. The number of aliphatic hydroxyl groups excluding tert-OH is 1. The number of rotatable bonds is 9. The van der Waals surface area contributed by atoms with E-state index in [1.165, 1.54) is 24.3 Å². The molecule has 158 valence electrons. The Balaban J connectivity index is 1.66. The zero-order valence-corrected chi connectivity index (χ0v) is 17.1. The Hall–Kier alpha value is -2.16. The summed E-state index contributed by atoms with van der Waals surface area (Å²) in [5, 5.41) is 10.5. The SMILES string of the molecule is COc1cccc(CN(CC(O)COc2ccc(F)cc2)C2CCS(=O)(=O)C2)c1. The molecule has 1 N–H and O–H groups in total. The van der Waals surface area contributed by atoms with Crippen molar-refractivity contribution in [3.8, 4) is 11.5 Å². The number of ether oxygens (including phenoxy) is 2. The molecule has 0 spiro atoms. The molecule has 0 aromatic heterocycles. The summed E-state index contributed by atoms with van der Waals surface area (Å²) in [4.78, 5) is 1.98. The first kappa shape index (κ1) is 21.5. The molecule has 0 bridgehead atoms. The van der Waals surface area contributed by atoms with Crippen molar-refractivity contribution in [1.82, 2.24) is 4.90 Å². The molecule has 0 amide bonds. The topological polar surface area (TPSA) is 76.1 Å². The summed E-state index contributed by atoms with van der Waals surface area (Å²) in [5.74, 6) is 1.08. The molecule has 1 aliphatic heterocycles. The van der Waals surface area contributed by atoms with Crippen LogP contribution in [0.5, 0.6) is 11.5 Å². The summed E-state index contributed by atoms with van der Waals surface area (Å²) >= 11 is 0. The van der Waals surface area contributed by atoms with Crippen LogP contribution in [0.2, 0.25) is 0 Å². The quantitative estimate of drug-likeness (QED) is 0.667. The van der Waals surface area contributed by atoms with Crippen molar-refractivity contribution in [2.75, 3.05) is 31.8 Å². The lowest BCUT2D eigenvalue weighted by Gasteiger charge is -2.30. The van der Waals surface area contributed by atoms with Crippen LogP contribution < -0.4 is 9.47 Å².